The molecule has 19 heavy (non-hydrogen) atoms. The van der Waals surface area contributed by atoms with Gasteiger partial charge in [-0.25, -0.2) is 4.79 Å². The fraction of sp³-hybridized carbons (Fsp3) is 0.769. The molecule has 0 aliphatic heterocycles. The first-order valence-electron chi connectivity index (χ1n) is 6.86. The molecule has 0 aromatic rings. The first-order valence-corrected chi connectivity index (χ1v) is 6.86. The Kier molecular flexibility index (Phi) is 6.32. The van der Waals surface area contributed by atoms with Crippen molar-refractivity contribution in [3.05, 3.63) is 0 Å². The second-order valence-electron chi connectivity index (χ2n) is 4.82. The van der Waals surface area contributed by atoms with Gasteiger partial charge in [-0.1, -0.05) is 19.3 Å². The zero-order valence-corrected chi connectivity index (χ0v) is 11.4. The highest BCUT2D eigenvalue weighted by molar-refractivity contribution is 5.95. The number of urea groups is 1. The summed E-state index contributed by atoms with van der Waals surface area (Å²) in [7, 11) is 0. The number of carbonyl (C=O) groups excluding carboxylic acids is 2. The third-order valence-corrected chi connectivity index (χ3v) is 3.43. The average molecular weight is 270 g/mol. The summed E-state index contributed by atoms with van der Waals surface area (Å²) in [6.07, 6.45) is 4.96. The standard InChI is InChI=1S/C13H22N2O4/c1-2-15(10-6-4-3-5-7-10)13(19)14-11(16)8-9-12(17)18/h10H,2-9H2,1H3,(H,17,18)(H,14,16,19). The number of carboxylic acid groups (broad SMARTS) is 1. The van der Waals surface area contributed by atoms with Crippen molar-refractivity contribution in [1.82, 2.24) is 10.2 Å². The van der Waals surface area contributed by atoms with Crippen LogP contribution in [-0.4, -0.2) is 40.5 Å². The van der Waals surface area contributed by atoms with Crippen LogP contribution < -0.4 is 5.32 Å². The summed E-state index contributed by atoms with van der Waals surface area (Å²) >= 11 is 0. The summed E-state index contributed by atoms with van der Waals surface area (Å²) in [5.74, 6) is -1.57. The van der Waals surface area contributed by atoms with Crippen molar-refractivity contribution in [3.8, 4) is 0 Å². The molecule has 0 bridgehead atoms. The number of rotatable bonds is 5. The van der Waals surface area contributed by atoms with Crippen molar-refractivity contribution in [2.45, 2.75) is 57.9 Å². The highest BCUT2D eigenvalue weighted by Crippen LogP contribution is 2.22. The Balaban J connectivity index is 2.44. The summed E-state index contributed by atoms with van der Waals surface area (Å²) in [5, 5.41) is 10.7. The molecule has 0 unspecified atom stereocenters. The van der Waals surface area contributed by atoms with Gasteiger partial charge in [0.25, 0.3) is 0 Å². The first kappa shape index (κ1) is 15.5. The molecular weight excluding hydrogens is 248 g/mol. The highest BCUT2D eigenvalue weighted by Gasteiger charge is 2.25. The molecule has 108 valence electrons. The molecule has 1 fully saturated rings. The van der Waals surface area contributed by atoms with E-state index in [4.69, 9.17) is 5.11 Å². The van der Waals surface area contributed by atoms with Gasteiger partial charge in [-0.15, -0.1) is 0 Å². The van der Waals surface area contributed by atoms with Gasteiger partial charge in [0.05, 0.1) is 6.42 Å². The van der Waals surface area contributed by atoms with Gasteiger partial charge in [0.2, 0.25) is 5.91 Å². The topological polar surface area (TPSA) is 86.7 Å². The van der Waals surface area contributed by atoms with Crippen molar-refractivity contribution in [1.29, 1.82) is 0 Å². The van der Waals surface area contributed by atoms with E-state index in [1.807, 2.05) is 6.92 Å². The molecule has 6 heteroatoms. The number of amides is 3. The Hall–Kier alpha value is -1.59. The minimum atomic E-state index is -1.04. The van der Waals surface area contributed by atoms with E-state index < -0.39 is 17.9 Å². The summed E-state index contributed by atoms with van der Waals surface area (Å²) in [6.45, 7) is 2.44. The quantitative estimate of drug-likeness (QED) is 0.796. The molecule has 1 saturated carbocycles. The van der Waals surface area contributed by atoms with Crippen LogP contribution in [0.5, 0.6) is 0 Å². The molecule has 0 saturated heterocycles. The predicted molar refractivity (Wildman–Crippen MR) is 69.7 cm³/mol. The molecule has 1 aliphatic carbocycles. The van der Waals surface area contributed by atoms with E-state index in [-0.39, 0.29) is 18.9 Å². The zero-order chi connectivity index (χ0) is 14.3. The monoisotopic (exact) mass is 270 g/mol. The Labute approximate surface area is 113 Å². The molecule has 1 rings (SSSR count). The minimum Gasteiger partial charge on any atom is -0.481 e. The number of aliphatic carboxylic acids is 1. The van der Waals surface area contributed by atoms with Crippen LogP contribution in [0, 0.1) is 0 Å². The van der Waals surface area contributed by atoms with Crippen molar-refractivity contribution in [2.24, 2.45) is 0 Å². The van der Waals surface area contributed by atoms with E-state index in [0.717, 1.165) is 25.7 Å². The fourth-order valence-electron chi connectivity index (χ4n) is 2.43. The highest BCUT2D eigenvalue weighted by atomic mass is 16.4. The average Bonchev–Trinajstić information content (AvgIpc) is 2.38. The summed E-state index contributed by atoms with van der Waals surface area (Å²) in [6, 6.07) is -0.198. The number of carbonyl (C=O) groups is 3. The minimum absolute atomic E-state index is 0.163. The van der Waals surface area contributed by atoms with Gasteiger partial charge in [0.1, 0.15) is 0 Å². The number of hydrogen-bond donors (Lipinski definition) is 2. The van der Waals surface area contributed by atoms with Gasteiger partial charge in [0, 0.05) is 19.0 Å². The summed E-state index contributed by atoms with van der Waals surface area (Å²) in [4.78, 5) is 35.4. The van der Waals surface area contributed by atoms with E-state index in [1.54, 1.807) is 4.90 Å². The van der Waals surface area contributed by atoms with Crippen LogP contribution in [0.15, 0.2) is 0 Å². The Morgan fingerprint density at radius 3 is 2.32 bits per heavy atom. The van der Waals surface area contributed by atoms with Gasteiger partial charge in [-0.3, -0.25) is 14.9 Å². The van der Waals surface area contributed by atoms with Crippen LogP contribution in [0.1, 0.15) is 51.9 Å². The predicted octanol–water partition coefficient (Wildman–Crippen LogP) is 1.74. The largest absolute Gasteiger partial charge is 0.481 e. The number of nitrogens with zero attached hydrogens (tertiary/aromatic N) is 1. The molecular formula is C13H22N2O4. The Morgan fingerprint density at radius 1 is 1.16 bits per heavy atom. The van der Waals surface area contributed by atoms with Crippen LogP contribution in [0.25, 0.3) is 0 Å². The van der Waals surface area contributed by atoms with Crippen molar-refractivity contribution in [2.75, 3.05) is 6.54 Å². The van der Waals surface area contributed by atoms with Crippen molar-refractivity contribution in [3.63, 3.8) is 0 Å². The lowest BCUT2D eigenvalue weighted by molar-refractivity contribution is -0.138. The molecule has 0 aromatic carbocycles. The molecule has 0 atom stereocenters. The van der Waals surface area contributed by atoms with E-state index in [9.17, 15) is 14.4 Å². The maximum atomic E-state index is 12.0. The Morgan fingerprint density at radius 2 is 1.79 bits per heavy atom. The van der Waals surface area contributed by atoms with E-state index >= 15 is 0 Å². The van der Waals surface area contributed by atoms with E-state index in [0.29, 0.717) is 6.54 Å². The van der Waals surface area contributed by atoms with Crippen molar-refractivity contribution >= 4 is 17.9 Å². The van der Waals surface area contributed by atoms with Crippen LogP contribution in [-0.2, 0) is 9.59 Å². The molecule has 6 nitrogen and oxygen atoms in total. The lowest BCUT2D eigenvalue weighted by Crippen LogP contribution is -2.48. The molecule has 0 aromatic heterocycles. The third kappa shape index (κ3) is 5.28. The lowest BCUT2D eigenvalue weighted by Gasteiger charge is -2.33. The second kappa shape index (κ2) is 7.76. The number of carboxylic acids is 1. The van der Waals surface area contributed by atoms with Gasteiger partial charge in [0.15, 0.2) is 0 Å². The second-order valence-corrected chi connectivity index (χ2v) is 4.82. The smallest absolute Gasteiger partial charge is 0.324 e. The first-order chi connectivity index (χ1) is 9.04. The SMILES string of the molecule is CCN(C(=O)NC(=O)CCC(=O)O)C1CCCCC1. The number of nitrogens with one attached hydrogen (secondary N) is 1. The molecule has 3 amide bonds. The van der Waals surface area contributed by atoms with Crippen molar-refractivity contribution < 1.29 is 19.5 Å². The number of hydrogen-bond acceptors (Lipinski definition) is 3. The van der Waals surface area contributed by atoms with Gasteiger partial charge >= 0.3 is 12.0 Å². The molecule has 0 radical (unpaired) electrons. The number of imide groups is 1. The van der Waals surface area contributed by atoms with E-state index in [1.165, 1.54) is 6.42 Å². The van der Waals surface area contributed by atoms with Crippen LogP contribution in [0.4, 0.5) is 4.79 Å². The Bertz CT molecular complexity index is 338. The molecule has 0 heterocycles. The maximum absolute atomic E-state index is 12.0. The van der Waals surface area contributed by atoms with Crippen LogP contribution >= 0.6 is 0 Å². The normalized spacial score (nSPS) is 15.8. The van der Waals surface area contributed by atoms with Gasteiger partial charge < -0.3 is 10.0 Å². The van der Waals surface area contributed by atoms with Gasteiger partial charge in [-0.05, 0) is 19.8 Å². The molecule has 1 aliphatic rings. The summed E-state index contributed by atoms with van der Waals surface area (Å²) < 4.78 is 0. The lowest BCUT2D eigenvalue weighted by atomic mass is 9.94. The molecule has 0 spiro atoms. The summed E-state index contributed by atoms with van der Waals surface area (Å²) in [5.41, 5.74) is 0. The van der Waals surface area contributed by atoms with Crippen LogP contribution in [0.2, 0.25) is 0 Å². The fourth-order valence-corrected chi connectivity index (χ4v) is 2.43. The third-order valence-electron chi connectivity index (χ3n) is 3.43. The maximum Gasteiger partial charge on any atom is 0.324 e. The molecule has 2 N–H and O–H groups in total. The zero-order valence-electron chi connectivity index (χ0n) is 11.4. The van der Waals surface area contributed by atoms with E-state index in [2.05, 4.69) is 5.32 Å². The van der Waals surface area contributed by atoms with Crippen LogP contribution in [0.3, 0.4) is 0 Å². The van der Waals surface area contributed by atoms with Gasteiger partial charge in [-0.2, -0.15) is 0 Å².